The standard InChI is InChI=1S/C52H61F2N11O6S/c1-32(2)36-8-5-6-9-37(36)41-10-7-17-65(41)34-26-51(27-34)12-18-63(19-13-51)42-25-43(71-35-22-33-11-16-55-49(33)56-28-35)38(23-39(42)53)50(67)61-72(69,70)44-24-40(60-68)46(48-47(44)58-31-59-48)57-30-52(54)14-20-64(21-15-52)45(66)29-62(3)4/h5-6,8-9,11,16,22-25,28,31-32,34,41,57H,7,10,12-15,17-21,26-27,29-30H2,1-4H3,(H,55,56)(H,58,59)(H,61,67)/t41-/m0/s1. The van der Waals surface area contributed by atoms with Crippen molar-refractivity contribution in [1.82, 2.24) is 39.4 Å². The Morgan fingerprint density at radius 3 is 2.49 bits per heavy atom. The summed E-state index contributed by atoms with van der Waals surface area (Å²) in [6.07, 6.45) is 10.7. The number of nitrogens with one attached hydrogen (secondary N) is 4. The van der Waals surface area contributed by atoms with Crippen molar-refractivity contribution in [1.29, 1.82) is 0 Å². The van der Waals surface area contributed by atoms with Crippen molar-refractivity contribution in [2.75, 3.05) is 70.1 Å². The third-order valence-electron chi connectivity index (χ3n) is 15.4. The first-order valence-electron chi connectivity index (χ1n) is 24.8. The van der Waals surface area contributed by atoms with Crippen LogP contribution in [0.5, 0.6) is 11.5 Å². The first-order chi connectivity index (χ1) is 34.5. The fourth-order valence-electron chi connectivity index (χ4n) is 11.6. The number of carbonyl (C=O) groups excluding carboxylic acids is 2. The molecule has 1 spiro atoms. The van der Waals surface area contributed by atoms with E-state index in [2.05, 4.69) is 73.4 Å². The third kappa shape index (κ3) is 9.63. The average molecular weight is 1010 g/mol. The zero-order chi connectivity index (χ0) is 50.5. The van der Waals surface area contributed by atoms with Gasteiger partial charge in [-0.15, -0.1) is 4.91 Å². The Morgan fingerprint density at radius 2 is 1.75 bits per heavy atom. The molecule has 0 unspecified atom stereocenters. The Bertz CT molecular complexity index is 3140. The SMILES string of the molecule is CC(C)c1ccccc1[C@@H]1CCCN1C1CC2(CCN(c3cc(Oc4cnc5[nH]ccc5c4)c(C(=O)NS(=O)(=O)c4cc(N=O)c(NCC5(F)CCN(C(=O)CN(C)C)CC5)c5[nH]cnc45)cc3F)CC2)C1. The molecule has 1 saturated carbocycles. The van der Waals surface area contributed by atoms with Gasteiger partial charge in [-0.05, 0) is 111 Å². The number of imidazole rings is 1. The van der Waals surface area contributed by atoms with Crippen molar-refractivity contribution in [2.24, 2.45) is 10.6 Å². The fraction of sp³-hybridized carbons (Fsp3) is 0.462. The summed E-state index contributed by atoms with van der Waals surface area (Å²) < 4.78 is 69.5. The summed E-state index contributed by atoms with van der Waals surface area (Å²) in [5, 5.41) is 6.72. The highest BCUT2D eigenvalue weighted by atomic mass is 32.2. The molecule has 10 rings (SSSR count). The van der Waals surface area contributed by atoms with Crippen LogP contribution in [0.1, 0.15) is 98.7 Å². The number of benzene rings is 3. The molecule has 4 aliphatic rings. The van der Waals surface area contributed by atoms with Gasteiger partial charge in [-0.2, -0.15) is 0 Å². The molecule has 0 radical (unpaired) electrons. The topological polar surface area (TPSA) is 201 Å². The van der Waals surface area contributed by atoms with Crippen LogP contribution < -0.4 is 19.7 Å². The zero-order valence-corrected chi connectivity index (χ0v) is 41.8. The van der Waals surface area contributed by atoms with Gasteiger partial charge >= 0.3 is 0 Å². The van der Waals surface area contributed by atoms with Crippen LogP contribution in [0.25, 0.3) is 22.1 Å². The number of carbonyl (C=O) groups is 2. The van der Waals surface area contributed by atoms with Gasteiger partial charge in [0.05, 0.1) is 41.5 Å². The molecule has 72 heavy (non-hydrogen) atoms. The monoisotopic (exact) mass is 1010 g/mol. The molecule has 3 saturated heterocycles. The lowest BCUT2D eigenvalue weighted by Crippen LogP contribution is -2.55. The van der Waals surface area contributed by atoms with Crippen LogP contribution >= 0.6 is 0 Å². The molecule has 4 N–H and O–H groups in total. The van der Waals surface area contributed by atoms with Gasteiger partial charge in [0, 0.05) is 75.3 Å². The number of aromatic nitrogens is 4. The number of sulfonamides is 1. The molecular weight excluding hydrogens is 945 g/mol. The van der Waals surface area contributed by atoms with E-state index in [1.165, 1.54) is 36.1 Å². The number of piperidine rings is 2. The van der Waals surface area contributed by atoms with Gasteiger partial charge in [0.1, 0.15) is 44.7 Å². The van der Waals surface area contributed by atoms with Crippen molar-refractivity contribution < 1.29 is 31.5 Å². The highest BCUT2D eigenvalue weighted by molar-refractivity contribution is 7.90. The van der Waals surface area contributed by atoms with Gasteiger partial charge in [-0.25, -0.2) is 31.9 Å². The molecule has 3 aromatic heterocycles. The van der Waals surface area contributed by atoms with Crippen molar-refractivity contribution in [3.8, 4) is 11.5 Å². The number of alkyl halides is 1. The van der Waals surface area contributed by atoms with Crippen LogP contribution in [0.15, 0.2) is 83.4 Å². The molecule has 6 aromatic rings. The summed E-state index contributed by atoms with van der Waals surface area (Å²) in [6, 6.07) is 16.6. The zero-order valence-electron chi connectivity index (χ0n) is 41.0. The summed E-state index contributed by atoms with van der Waals surface area (Å²) in [5.41, 5.74) is 1.16. The Kier molecular flexibility index (Phi) is 13.3. The lowest BCUT2D eigenvalue weighted by atomic mass is 9.59. The number of aromatic amines is 2. The van der Waals surface area contributed by atoms with Crippen LogP contribution in [0.2, 0.25) is 0 Å². The number of hydrogen-bond acceptors (Lipinski definition) is 13. The maximum Gasteiger partial charge on any atom is 0.268 e. The molecule has 20 heteroatoms. The predicted molar refractivity (Wildman–Crippen MR) is 272 cm³/mol. The molecule has 0 bridgehead atoms. The summed E-state index contributed by atoms with van der Waals surface area (Å²) in [7, 11) is -1.29. The molecule has 2 amide bonds. The molecule has 6 heterocycles. The van der Waals surface area contributed by atoms with E-state index >= 15 is 8.78 Å². The molecule has 1 atom stereocenters. The number of likely N-dealkylation sites (tertiary alicyclic amines) is 2. The van der Waals surface area contributed by atoms with E-state index in [0.29, 0.717) is 42.1 Å². The van der Waals surface area contributed by atoms with E-state index in [-0.39, 0.29) is 89.9 Å². The van der Waals surface area contributed by atoms with Crippen molar-refractivity contribution >= 4 is 61.0 Å². The van der Waals surface area contributed by atoms with Crippen LogP contribution in [-0.4, -0.2) is 126 Å². The predicted octanol–water partition coefficient (Wildman–Crippen LogP) is 8.90. The fourth-order valence-corrected chi connectivity index (χ4v) is 12.7. The van der Waals surface area contributed by atoms with E-state index in [9.17, 15) is 22.9 Å². The number of fused-ring (bicyclic) bond motifs is 2. The largest absolute Gasteiger partial charge is 0.455 e. The van der Waals surface area contributed by atoms with Gasteiger partial charge < -0.3 is 34.7 Å². The number of likely N-dealkylation sites (N-methyl/N-ethyl adjacent to an activating group) is 1. The first kappa shape index (κ1) is 49.1. The van der Waals surface area contributed by atoms with E-state index in [4.69, 9.17) is 4.74 Å². The first-order valence-corrected chi connectivity index (χ1v) is 26.3. The second kappa shape index (κ2) is 19.5. The van der Waals surface area contributed by atoms with Gasteiger partial charge in [0.15, 0.2) is 0 Å². The number of nitroso groups, excluding NO2 is 1. The van der Waals surface area contributed by atoms with E-state index in [1.54, 1.807) is 42.2 Å². The van der Waals surface area contributed by atoms with Crippen LogP contribution in [0.3, 0.4) is 0 Å². The number of halogens is 2. The summed E-state index contributed by atoms with van der Waals surface area (Å²) in [6.45, 7) is 7.11. The highest BCUT2D eigenvalue weighted by Gasteiger charge is 2.50. The molecule has 380 valence electrons. The van der Waals surface area contributed by atoms with Crippen LogP contribution in [0, 0.1) is 16.1 Å². The maximum absolute atomic E-state index is 16.6. The van der Waals surface area contributed by atoms with Crippen LogP contribution in [0.4, 0.5) is 25.8 Å². The minimum absolute atomic E-state index is 0.0107. The number of amides is 2. The van der Waals surface area contributed by atoms with Crippen molar-refractivity contribution in [2.45, 2.75) is 93.8 Å². The smallest absolute Gasteiger partial charge is 0.268 e. The minimum atomic E-state index is -4.86. The Labute approximate surface area is 417 Å². The van der Waals surface area contributed by atoms with Crippen molar-refractivity contribution in [3.63, 3.8) is 0 Å². The number of ether oxygens (including phenoxy) is 1. The number of hydrogen-bond donors (Lipinski definition) is 4. The average Bonchev–Trinajstić information content (AvgIpc) is 4.15. The number of nitrogens with zero attached hydrogens (tertiary/aromatic N) is 7. The Hall–Kier alpha value is -6.51. The molecule has 3 aromatic carbocycles. The third-order valence-corrected chi connectivity index (χ3v) is 16.8. The summed E-state index contributed by atoms with van der Waals surface area (Å²) >= 11 is 0. The van der Waals surface area contributed by atoms with E-state index < -0.39 is 37.9 Å². The molecule has 1 aliphatic carbocycles. The summed E-state index contributed by atoms with van der Waals surface area (Å²) in [5.74, 6) is -1.47. The second-order valence-corrected chi connectivity index (χ2v) is 22.4. The normalized spacial score (nSPS) is 19.4. The summed E-state index contributed by atoms with van der Waals surface area (Å²) in [4.78, 5) is 61.1. The number of pyridine rings is 1. The van der Waals surface area contributed by atoms with E-state index in [0.717, 1.165) is 50.8 Å². The lowest BCUT2D eigenvalue weighted by molar-refractivity contribution is -0.134. The van der Waals surface area contributed by atoms with Gasteiger partial charge in [-0.3, -0.25) is 14.5 Å². The van der Waals surface area contributed by atoms with Gasteiger partial charge in [-0.1, -0.05) is 38.1 Å². The quantitative estimate of drug-likeness (QED) is 0.0713. The molecule has 17 nitrogen and oxygen atoms in total. The van der Waals surface area contributed by atoms with Crippen molar-refractivity contribution in [3.05, 3.63) is 101 Å². The molecule has 4 fully saturated rings. The number of anilines is 2. The molecular formula is C52H61F2N11O6S. The van der Waals surface area contributed by atoms with E-state index in [1.807, 2.05) is 9.62 Å². The number of H-pyrrole nitrogens is 2. The maximum atomic E-state index is 16.6. The minimum Gasteiger partial charge on any atom is -0.455 e. The Balaban J connectivity index is 0.863. The van der Waals surface area contributed by atoms with Crippen LogP contribution in [-0.2, 0) is 14.8 Å². The highest BCUT2D eigenvalue weighted by Crippen LogP contribution is 2.54. The number of rotatable bonds is 15. The second-order valence-electron chi connectivity index (χ2n) is 20.8. The van der Waals surface area contributed by atoms with Gasteiger partial charge in [0.2, 0.25) is 5.91 Å². The van der Waals surface area contributed by atoms with Gasteiger partial charge in [0.25, 0.3) is 15.9 Å². The lowest BCUT2D eigenvalue weighted by Gasteiger charge is -2.56. The molecule has 3 aliphatic heterocycles. The Morgan fingerprint density at radius 1 is 0.986 bits per heavy atom.